The van der Waals surface area contributed by atoms with Gasteiger partial charge in [0.15, 0.2) is 5.82 Å². The predicted octanol–water partition coefficient (Wildman–Crippen LogP) is 3.64. The minimum absolute atomic E-state index is 0.441. The first-order valence-corrected chi connectivity index (χ1v) is 7.34. The number of halogens is 2. The first-order chi connectivity index (χ1) is 10.1. The Morgan fingerprint density at radius 1 is 1.24 bits per heavy atom. The van der Waals surface area contributed by atoms with Gasteiger partial charge in [-0.1, -0.05) is 23.7 Å². The predicted molar refractivity (Wildman–Crippen MR) is 86.4 cm³/mol. The first-order valence-electron chi connectivity index (χ1n) is 6.17. The van der Waals surface area contributed by atoms with Crippen molar-refractivity contribution in [3.63, 3.8) is 0 Å². The molecule has 2 aromatic carbocycles. The van der Waals surface area contributed by atoms with Crippen LogP contribution in [0, 0.1) is 6.92 Å². The summed E-state index contributed by atoms with van der Waals surface area (Å²) in [4.78, 5) is 0. The average Bonchev–Trinajstić information content (AvgIpc) is 2.91. The molecule has 0 unspecified atom stereocenters. The number of nitrogens with zero attached hydrogens (tertiary/aromatic N) is 4. The Labute approximate surface area is 134 Å². The van der Waals surface area contributed by atoms with E-state index in [0.717, 1.165) is 15.7 Å². The van der Waals surface area contributed by atoms with Crippen molar-refractivity contribution in [3.05, 3.63) is 51.5 Å². The number of hydrogen-bond acceptors (Lipinski definition) is 4. The van der Waals surface area contributed by atoms with Gasteiger partial charge in [-0.25, -0.2) is 0 Å². The molecule has 0 aliphatic carbocycles. The lowest BCUT2D eigenvalue weighted by atomic mass is 10.1. The molecule has 21 heavy (non-hydrogen) atoms. The number of anilines is 1. The topological polar surface area (TPSA) is 69.6 Å². The normalized spacial score (nSPS) is 10.8. The van der Waals surface area contributed by atoms with Crippen LogP contribution < -0.4 is 5.73 Å². The summed E-state index contributed by atoms with van der Waals surface area (Å²) in [5.74, 6) is 0.539. The fourth-order valence-corrected chi connectivity index (χ4v) is 2.90. The molecule has 2 N–H and O–H groups in total. The summed E-state index contributed by atoms with van der Waals surface area (Å²) in [5.41, 5.74) is 9.00. The van der Waals surface area contributed by atoms with Crippen molar-refractivity contribution < 1.29 is 0 Å². The SMILES string of the molecule is Cc1ccc(-n2nnnc2-c2cccc(N)c2Cl)c(Br)c1. The largest absolute Gasteiger partial charge is 0.398 e. The van der Waals surface area contributed by atoms with Gasteiger partial charge in [-0.05, 0) is 63.1 Å². The highest BCUT2D eigenvalue weighted by atomic mass is 79.9. The molecule has 0 radical (unpaired) electrons. The van der Waals surface area contributed by atoms with Gasteiger partial charge in [0.1, 0.15) is 0 Å². The molecule has 0 fully saturated rings. The average molecular weight is 365 g/mol. The van der Waals surface area contributed by atoms with Crippen LogP contribution >= 0.6 is 27.5 Å². The Bertz CT molecular complexity index is 815. The van der Waals surface area contributed by atoms with Crippen molar-refractivity contribution in [2.45, 2.75) is 6.92 Å². The van der Waals surface area contributed by atoms with Gasteiger partial charge in [0.2, 0.25) is 0 Å². The van der Waals surface area contributed by atoms with Crippen LogP contribution in [-0.2, 0) is 0 Å². The maximum absolute atomic E-state index is 6.26. The van der Waals surface area contributed by atoms with Gasteiger partial charge < -0.3 is 5.73 Å². The molecular weight excluding hydrogens is 354 g/mol. The molecule has 1 aromatic heterocycles. The first kappa shape index (κ1) is 14.0. The molecule has 3 rings (SSSR count). The minimum atomic E-state index is 0.441. The number of tetrazole rings is 1. The van der Waals surface area contributed by atoms with Crippen molar-refractivity contribution in [1.29, 1.82) is 0 Å². The molecular formula is C14H11BrClN5. The smallest absolute Gasteiger partial charge is 0.188 e. The summed E-state index contributed by atoms with van der Waals surface area (Å²) < 4.78 is 2.53. The second-order valence-electron chi connectivity index (χ2n) is 4.58. The Balaban J connectivity index is 2.20. The van der Waals surface area contributed by atoms with E-state index in [0.29, 0.717) is 22.1 Å². The van der Waals surface area contributed by atoms with Crippen LogP contribution in [0.3, 0.4) is 0 Å². The van der Waals surface area contributed by atoms with E-state index in [2.05, 4.69) is 31.5 Å². The zero-order valence-corrected chi connectivity index (χ0v) is 13.4. The van der Waals surface area contributed by atoms with Crippen molar-refractivity contribution in [2.75, 3.05) is 5.73 Å². The number of hydrogen-bond donors (Lipinski definition) is 1. The highest BCUT2D eigenvalue weighted by Crippen LogP contribution is 2.32. The molecule has 106 valence electrons. The second kappa shape index (κ2) is 5.46. The summed E-state index contributed by atoms with van der Waals surface area (Å²) in [6.07, 6.45) is 0. The monoisotopic (exact) mass is 363 g/mol. The van der Waals surface area contributed by atoms with E-state index in [1.807, 2.05) is 37.3 Å². The lowest BCUT2D eigenvalue weighted by Crippen LogP contribution is -2.02. The van der Waals surface area contributed by atoms with Crippen molar-refractivity contribution in [2.24, 2.45) is 0 Å². The van der Waals surface area contributed by atoms with Gasteiger partial charge in [0.25, 0.3) is 0 Å². The molecule has 0 saturated carbocycles. The number of benzene rings is 2. The van der Waals surface area contributed by atoms with Crippen molar-refractivity contribution in [1.82, 2.24) is 20.2 Å². The number of aromatic nitrogens is 4. The van der Waals surface area contributed by atoms with Gasteiger partial charge in [0.05, 0.1) is 16.4 Å². The van der Waals surface area contributed by atoms with E-state index in [1.165, 1.54) is 0 Å². The summed E-state index contributed by atoms with van der Waals surface area (Å²) in [7, 11) is 0. The fourth-order valence-electron chi connectivity index (χ4n) is 2.02. The highest BCUT2D eigenvalue weighted by Gasteiger charge is 2.16. The van der Waals surface area contributed by atoms with Crippen LogP contribution in [0.1, 0.15) is 5.56 Å². The zero-order chi connectivity index (χ0) is 15.0. The van der Waals surface area contributed by atoms with Gasteiger partial charge in [-0.15, -0.1) is 5.10 Å². The lowest BCUT2D eigenvalue weighted by molar-refractivity contribution is 0.788. The van der Waals surface area contributed by atoms with Crippen LogP contribution in [0.15, 0.2) is 40.9 Å². The van der Waals surface area contributed by atoms with Crippen LogP contribution in [0.2, 0.25) is 5.02 Å². The number of rotatable bonds is 2. The Morgan fingerprint density at radius 3 is 2.81 bits per heavy atom. The Kier molecular flexibility index (Phi) is 3.65. The molecule has 0 saturated heterocycles. The molecule has 0 spiro atoms. The third kappa shape index (κ3) is 2.52. The fraction of sp³-hybridized carbons (Fsp3) is 0.0714. The summed E-state index contributed by atoms with van der Waals surface area (Å²) in [6.45, 7) is 2.02. The molecule has 0 bridgehead atoms. The van der Waals surface area contributed by atoms with Gasteiger partial charge in [0, 0.05) is 10.0 Å². The minimum Gasteiger partial charge on any atom is -0.398 e. The van der Waals surface area contributed by atoms with E-state index in [1.54, 1.807) is 10.7 Å². The van der Waals surface area contributed by atoms with E-state index >= 15 is 0 Å². The van der Waals surface area contributed by atoms with Gasteiger partial charge >= 0.3 is 0 Å². The van der Waals surface area contributed by atoms with Crippen LogP contribution in [0.25, 0.3) is 17.1 Å². The van der Waals surface area contributed by atoms with Crippen molar-refractivity contribution in [3.8, 4) is 17.1 Å². The number of aryl methyl sites for hydroxylation is 1. The Hall–Kier alpha value is -1.92. The Morgan fingerprint density at radius 2 is 2.05 bits per heavy atom. The molecule has 3 aromatic rings. The van der Waals surface area contributed by atoms with Gasteiger partial charge in [-0.2, -0.15) is 4.68 Å². The van der Waals surface area contributed by atoms with E-state index in [4.69, 9.17) is 17.3 Å². The van der Waals surface area contributed by atoms with Gasteiger partial charge in [-0.3, -0.25) is 0 Å². The molecule has 7 heteroatoms. The summed E-state index contributed by atoms with van der Waals surface area (Å²) in [6, 6.07) is 11.3. The maximum Gasteiger partial charge on any atom is 0.188 e. The summed E-state index contributed by atoms with van der Waals surface area (Å²) in [5, 5.41) is 12.3. The maximum atomic E-state index is 6.26. The van der Waals surface area contributed by atoms with Crippen molar-refractivity contribution >= 4 is 33.2 Å². The molecule has 5 nitrogen and oxygen atoms in total. The number of nitrogens with two attached hydrogens (primary N) is 1. The molecule has 0 amide bonds. The third-order valence-electron chi connectivity index (χ3n) is 3.07. The van der Waals surface area contributed by atoms with E-state index in [9.17, 15) is 0 Å². The zero-order valence-electron chi connectivity index (χ0n) is 11.1. The summed E-state index contributed by atoms with van der Waals surface area (Å²) >= 11 is 9.80. The molecule has 1 heterocycles. The van der Waals surface area contributed by atoms with Crippen LogP contribution in [-0.4, -0.2) is 20.2 Å². The molecule has 0 atom stereocenters. The lowest BCUT2D eigenvalue weighted by Gasteiger charge is -2.09. The van der Waals surface area contributed by atoms with Crippen LogP contribution in [0.5, 0.6) is 0 Å². The second-order valence-corrected chi connectivity index (χ2v) is 5.81. The molecule has 0 aliphatic rings. The van der Waals surface area contributed by atoms with E-state index in [-0.39, 0.29) is 0 Å². The standard InChI is InChI=1S/C14H11BrClN5/c1-8-5-6-12(10(15)7-8)21-14(18-19-20-21)9-3-2-4-11(17)13(9)16/h2-7H,17H2,1H3. The molecule has 0 aliphatic heterocycles. The van der Waals surface area contributed by atoms with E-state index < -0.39 is 0 Å². The number of nitrogen functional groups attached to an aromatic ring is 1. The van der Waals surface area contributed by atoms with Crippen LogP contribution in [0.4, 0.5) is 5.69 Å². The quantitative estimate of drug-likeness (QED) is 0.705. The third-order valence-corrected chi connectivity index (χ3v) is 4.13. The highest BCUT2D eigenvalue weighted by molar-refractivity contribution is 9.10.